The summed E-state index contributed by atoms with van der Waals surface area (Å²) in [6.07, 6.45) is 7.34. The summed E-state index contributed by atoms with van der Waals surface area (Å²) in [4.78, 5) is 30.5. The van der Waals surface area contributed by atoms with Crippen molar-refractivity contribution in [1.29, 1.82) is 0 Å². The average molecular weight is 513 g/mol. The molecule has 194 valence electrons. The van der Waals surface area contributed by atoms with Crippen LogP contribution in [0, 0.1) is 23.2 Å². The van der Waals surface area contributed by atoms with E-state index in [0.717, 1.165) is 37.5 Å². The first-order valence-electron chi connectivity index (χ1n) is 13.0. The lowest BCUT2D eigenvalue weighted by Gasteiger charge is -2.50. The number of aromatic nitrogens is 1. The molecule has 0 saturated heterocycles. The van der Waals surface area contributed by atoms with Crippen molar-refractivity contribution >= 4 is 32.7 Å². The molecule has 3 saturated carbocycles. The van der Waals surface area contributed by atoms with E-state index in [-0.39, 0.29) is 34.6 Å². The molecule has 3 aliphatic rings. The highest BCUT2D eigenvalue weighted by Crippen LogP contribution is 2.50. The summed E-state index contributed by atoms with van der Waals surface area (Å²) in [5, 5.41) is 3.99. The van der Waals surface area contributed by atoms with E-state index in [4.69, 9.17) is 5.73 Å². The third-order valence-electron chi connectivity index (χ3n) is 8.91. The van der Waals surface area contributed by atoms with Gasteiger partial charge < -0.3 is 11.1 Å². The predicted molar refractivity (Wildman–Crippen MR) is 137 cm³/mol. The highest BCUT2D eigenvalue weighted by molar-refractivity contribution is 7.89. The summed E-state index contributed by atoms with van der Waals surface area (Å²) in [6, 6.07) is 8.52. The van der Waals surface area contributed by atoms with E-state index in [9.17, 15) is 18.0 Å². The van der Waals surface area contributed by atoms with Crippen LogP contribution in [-0.2, 0) is 19.6 Å². The molecule has 36 heavy (non-hydrogen) atoms. The molecule has 3 fully saturated rings. The van der Waals surface area contributed by atoms with Gasteiger partial charge in [0.25, 0.3) is 0 Å². The number of benzene rings is 1. The zero-order valence-electron chi connectivity index (χ0n) is 21.0. The molecule has 9 heteroatoms. The first-order valence-corrected chi connectivity index (χ1v) is 14.5. The molecule has 4 N–H and O–H groups in total. The van der Waals surface area contributed by atoms with Crippen LogP contribution in [0.2, 0.25) is 0 Å². The molecule has 0 spiro atoms. The van der Waals surface area contributed by atoms with E-state index in [2.05, 4.69) is 21.9 Å². The normalized spacial score (nSPS) is 31.7. The number of nitrogens with two attached hydrogens (primary N) is 1. The minimum atomic E-state index is -4.01. The third kappa shape index (κ3) is 4.41. The molecule has 1 aromatic carbocycles. The highest BCUT2D eigenvalue weighted by Gasteiger charge is 2.51. The van der Waals surface area contributed by atoms with Gasteiger partial charge >= 0.3 is 0 Å². The Kier molecular flexibility index (Phi) is 6.35. The summed E-state index contributed by atoms with van der Waals surface area (Å²) in [6.45, 7) is 4.08. The minimum absolute atomic E-state index is 0.0815. The van der Waals surface area contributed by atoms with Crippen molar-refractivity contribution in [2.75, 3.05) is 0 Å². The molecule has 1 heterocycles. The summed E-state index contributed by atoms with van der Waals surface area (Å²) < 4.78 is 30.1. The number of pyridine rings is 1. The van der Waals surface area contributed by atoms with Gasteiger partial charge in [-0.3, -0.25) is 14.6 Å². The number of amides is 2. The maximum Gasteiger partial charge on any atom is 0.243 e. The largest absolute Gasteiger partial charge is 0.369 e. The molecule has 2 aromatic rings. The average Bonchev–Trinajstić information content (AvgIpc) is 3.29. The first-order chi connectivity index (χ1) is 17.0. The summed E-state index contributed by atoms with van der Waals surface area (Å²) in [5.74, 6) is 0.264. The molecule has 2 bridgehead atoms. The number of nitrogens with zero attached hydrogens (tertiary/aromatic N) is 1. The third-order valence-corrected chi connectivity index (χ3v) is 10.5. The minimum Gasteiger partial charge on any atom is -0.369 e. The second-order valence-corrected chi connectivity index (χ2v) is 13.3. The number of fused-ring (bicyclic) bond motifs is 3. The second-order valence-electron chi connectivity index (χ2n) is 11.6. The van der Waals surface area contributed by atoms with E-state index < -0.39 is 21.0 Å². The lowest BCUT2D eigenvalue weighted by atomic mass is 9.57. The molecule has 5 atom stereocenters. The summed E-state index contributed by atoms with van der Waals surface area (Å²) >= 11 is 0. The number of sulfonamides is 1. The van der Waals surface area contributed by atoms with Crippen molar-refractivity contribution in [3.63, 3.8) is 0 Å². The number of hydrogen-bond acceptors (Lipinski definition) is 5. The van der Waals surface area contributed by atoms with Crippen molar-refractivity contribution in [2.45, 2.75) is 81.7 Å². The molecular formula is C27H36N4O4S. The van der Waals surface area contributed by atoms with Crippen molar-refractivity contribution in [2.24, 2.45) is 28.9 Å². The first kappa shape index (κ1) is 25.1. The Labute approximate surface area is 212 Å². The van der Waals surface area contributed by atoms with E-state index in [0.29, 0.717) is 30.7 Å². The van der Waals surface area contributed by atoms with Gasteiger partial charge in [-0.25, -0.2) is 8.42 Å². The highest BCUT2D eigenvalue weighted by atomic mass is 32.2. The molecule has 8 nitrogen and oxygen atoms in total. The lowest BCUT2D eigenvalue weighted by molar-refractivity contribution is -0.134. The van der Waals surface area contributed by atoms with Crippen LogP contribution in [0.15, 0.2) is 41.4 Å². The van der Waals surface area contributed by atoms with Crippen molar-refractivity contribution in [1.82, 2.24) is 15.0 Å². The molecule has 2 amide bonds. The topological polar surface area (TPSA) is 131 Å². The van der Waals surface area contributed by atoms with Gasteiger partial charge in [0.2, 0.25) is 21.8 Å². The van der Waals surface area contributed by atoms with E-state index in [1.54, 1.807) is 18.3 Å². The number of para-hydroxylation sites is 1. The molecule has 1 aromatic heterocycles. The number of carbonyl (C=O) groups excluding carboxylic acids is 2. The number of carbonyl (C=O) groups is 2. The lowest BCUT2D eigenvalue weighted by Crippen LogP contribution is -2.62. The van der Waals surface area contributed by atoms with Crippen molar-refractivity contribution in [3.8, 4) is 0 Å². The van der Waals surface area contributed by atoms with Gasteiger partial charge in [-0.2, -0.15) is 4.72 Å². The van der Waals surface area contributed by atoms with Crippen LogP contribution >= 0.6 is 0 Å². The summed E-state index contributed by atoms with van der Waals surface area (Å²) in [7, 11) is -4.01. The Hall–Kier alpha value is -2.52. The van der Waals surface area contributed by atoms with Gasteiger partial charge in [0, 0.05) is 23.0 Å². The van der Waals surface area contributed by atoms with E-state index in [1.807, 2.05) is 19.1 Å². The van der Waals surface area contributed by atoms with Crippen LogP contribution in [0.4, 0.5) is 0 Å². The quantitative estimate of drug-likeness (QED) is 0.547. The molecule has 0 aliphatic heterocycles. The van der Waals surface area contributed by atoms with Crippen LogP contribution in [0.25, 0.3) is 10.9 Å². The van der Waals surface area contributed by atoms with Crippen molar-refractivity contribution in [3.05, 3.63) is 36.5 Å². The Balaban J connectivity index is 1.41. The van der Waals surface area contributed by atoms with Gasteiger partial charge in [-0.1, -0.05) is 44.9 Å². The fourth-order valence-corrected chi connectivity index (χ4v) is 8.80. The molecule has 5 unspecified atom stereocenters. The molecule has 3 aliphatic carbocycles. The van der Waals surface area contributed by atoms with E-state index in [1.165, 1.54) is 6.07 Å². The van der Waals surface area contributed by atoms with Crippen LogP contribution in [0.5, 0.6) is 0 Å². The van der Waals surface area contributed by atoms with Crippen LogP contribution in [-0.4, -0.2) is 36.8 Å². The fraction of sp³-hybridized carbons (Fsp3) is 0.593. The SMILES string of the molecule is CC1CC2CC(CC(C)(C(N)=O)C2)C1NC(=O)C1(NS(=O)(=O)c2cccc3cccnc23)CCCC1. The summed E-state index contributed by atoms with van der Waals surface area (Å²) in [5.41, 5.74) is 4.39. The fourth-order valence-electron chi connectivity index (χ4n) is 7.19. The van der Waals surface area contributed by atoms with Gasteiger partial charge in [0.15, 0.2) is 0 Å². The standard InChI is InChI=1S/C27H36N4O4S/c1-17-13-18-14-20(16-26(2,15-18)24(28)32)22(17)30-25(33)27(10-3-4-11-27)31-36(34,35)21-9-5-7-19-8-6-12-29-23(19)21/h5-9,12,17-18,20,22,31H,3-4,10-11,13-16H2,1-2H3,(H2,28,32)(H,30,33). The zero-order chi connectivity index (χ0) is 25.7. The number of hydrogen-bond donors (Lipinski definition) is 3. The van der Waals surface area contributed by atoms with Crippen LogP contribution in [0.3, 0.4) is 0 Å². The van der Waals surface area contributed by atoms with E-state index >= 15 is 0 Å². The number of nitrogens with one attached hydrogen (secondary N) is 2. The van der Waals surface area contributed by atoms with Gasteiger partial charge in [0.1, 0.15) is 10.4 Å². The van der Waals surface area contributed by atoms with Crippen LogP contribution in [0.1, 0.15) is 65.2 Å². The number of primary amides is 1. The molecule has 5 rings (SSSR count). The predicted octanol–water partition coefficient (Wildman–Crippen LogP) is 3.26. The maximum absolute atomic E-state index is 13.9. The smallest absolute Gasteiger partial charge is 0.243 e. The van der Waals surface area contributed by atoms with Gasteiger partial charge in [-0.15, -0.1) is 0 Å². The maximum atomic E-state index is 13.9. The van der Waals surface area contributed by atoms with Gasteiger partial charge in [0.05, 0.1) is 5.52 Å². The monoisotopic (exact) mass is 512 g/mol. The second kappa shape index (κ2) is 9.10. The molecular weight excluding hydrogens is 476 g/mol. The Bertz CT molecular complexity index is 1280. The Morgan fingerprint density at radius 3 is 2.53 bits per heavy atom. The van der Waals surface area contributed by atoms with Crippen LogP contribution < -0.4 is 15.8 Å². The Morgan fingerprint density at radius 1 is 1.08 bits per heavy atom. The van der Waals surface area contributed by atoms with Crippen molar-refractivity contribution < 1.29 is 18.0 Å². The number of rotatable bonds is 6. The Morgan fingerprint density at radius 2 is 1.81 bits per heavy atom. The zero-order valence-corrected chi connectivity index (χ0v) is 21.8. The van der Waals surface area contributed by atoms with Gasteiger partial charge in [-0.05, 0) is 68.4 Å². The molecule has 0 radical (unpaired) electrons.